The van der Waals surface area contributed by atoms with Crippen LogP contribution >= 0.6 is 11.6 Å². The number of benzene rings is 1. The van der Waals surface area contributed by atoms with Gasteiger partial charge in [-0.3, -0.25) is 14.4 Å². The first-order valence-corrected chi connectivity index (χ1v) is 10.2. The van der Waals surface area contributed by atoms with Gasteiger partial charge in [0, 0.05) is 31.7 Å². The standard InChI is InChI=1S/C22H27ClO8/c1-6-9-27-11-17-10-16(7-8-18(17)23)19-12(2)20(28-13(3)24)21(29-14(4)25)22(31-19)30-15(5)26/h6-8,10,12,19-22H,1,9,11H2,2-5H3/t12-,19+,20+,21-,22?/m0/s1. The van der Waals surface area contributed by atoms with Gasteiger partial charge in [0.1, 0.15) is 0 Å². The Kier molecular flexibility index (Phi) is 9.03. The smallest absolute Gasteiger partial charge is 0.305 e. The Hall–Kier alpha value is -2.42. The van der Waals surface area contributed by atoms with Crippen molar-refractivity contribution >= 4 is 29.5 Å². The first kappa shape index (κ1) is 24.8. The molecule has 1 aromatic carbocycles. The summed E-state index contributed by atoms with van der Waals surface area (Å²) in [5.41, 5.74) is 1.44. The predicted octanol–water partition coefficient (Wildman–Crippen LogP) is 3.50. The van der Waals surface area contributed by atoms with Gasteiger partial charge < -0.3 is 23.7 Å². The van der Waals surface area contributed by atoms with Gasteiger partial charge >= 0.3 is 17.9 Å². The second kappa shape index (κ2) is 11.3. The van der Waals surface area contributed by atoms with E-state index in [1.807, 2.05) is 6.07 Å². The maximum absolute atomic E-state index is 11.8. The summed E-state index contributed by atoms with van der Waals surface area (Å²) < 4.78 is 27.6. The molecule has 0 bridgehead atoms. The molecule has 31 heavy (non-hydrogen) atoms. The molecule has 0 spiro atoms. The molecule has 1 aromatic rings. The lowest BCUT2D eigenvalue weighted by Crippen LogP contribution is -2.55. The molecular weight excluding hydrogens is 428 g/mol. The van der Waals surface area contributed by atoms with Crippen LogP contribution in [0.5, 0.6) is 0 Å². The van der Waals surface area contributed by atoms with Gasteiger partial charge in [0.05, 0.1) is 19.3 Å². The number of esters is 3. The van der Waals surface area contributed by atoms with Crippen molar-refractivity contribution in [1.82, 2.24) is 0 Å². The Labute approximate surface area is 186 Å². The first-order chi connectivity index (χ1) is 14.6. The number of halogens is 1. The van der Waals surface area contributed by atoms with Crippen LogP contribution in [-0.4, -0.2) is 43.0 Å². The first-order valence-electron chi connectivity index (χ1n) is 9.78. The summed E-state index contributed by atoms with van der Waals surface area (Å²) in [7, 11) is 0. The number of carbonyl (C=O) groups is 3. The molecule has 1 aliphatic heterocycles. The Morgan fingerprint density at radius 1 is 1.06 bits per heavy atom. The maximum atomic E-state index is 11.8. The van der Waals surface area contributed by atoms with Gasteiger partial charge in [-0.2, -0.15) is 0 Å². The van der Waals surface area contributed by atoms with Crippen molar-refractivity contribution < 1.29 is 38.1 Å². The Morgan fingerprint density at radius 3 is 2.26 bits per heavy atom. The second-order valence-electron chi connectivity index (χ2n) is 7.20. The third-order valence-corrected chi connectivity index (χ3v) is 5.02. The highest BCUT2D eigenvalue weighted by Gasteiger charge is 2.50. The van der Waals surface area contributed by atoms with Crippen LogP contribution in [0.15, 0.2) is 30.9 Å². The van der Waals surface area contributed by atoms with Crippen molar-refractivity contribution in [3.8, 4) is 0 Å². The SMILES string of the molecule is C=CCOCc1cc([C@@H]2OC(OC(C)=O)[C@@H](OC(C)=O)[C@H](OC(C)=O)[C@H]2C)ccc1Cl. The lowest BCUT2D eigenvalue weighted by atomic mass is 9.86. The van der Waals surface area contributed by atoms with E-state index in [2.05, 4.69) is 6.58 Å². The van der Waals surface area contributed by atoms with Gasteiger partial charge in [-0.15, -0.1) is 6.58 Å². The monoisotopic (exact) mass is 454 g/mol. The van der Waals surface area contributed by atoms with E-state index in [4.69, 9.17) is 35.3 Å². The molecule has 0 radical (unpaired) electrons. The lowest BCUT2D eigenvalue weighted by Gasteiger charge is -2.43. The minimum Gasteiger partial charge on any atom is -0.458 e. The third-order valence-electron chi connectivity index (χ3n) is 4.65. The normalized spacial score (nSPS) is 25.4. The zero-order chi connectivity index (χ0) is 23.1. The van der Waals surface area contributed by atoms with E-state index >= 15 is 0 Å². The lowest BCUT2D eigenvalue weighted by molar-refractivity contribution is -0.283. The van der Waals surface area contributed by atoms with Crippen molar-refractivity contribution in [2.75, 3.05) is 6.61 Å². The maximum Gasteiger partial charge on any atom is 0.305 e. The molecular formula is C22H27ClO8. The van der Waals surface area contributed by atoms with Crippen LogP contribution in [0, 0.1) is 5.92 Å². The summed E-state index contributed by atoms with van der Waals surface area (Å²) in [6.45, 7) is 9.70. The van der Waals surface area contributed by atoms with E-state index < -0.39 is 48.4 Å². The molecule has 5 atom stereocenters. The number of carbonyl (C=O) groups excluding carboxylic acids is 3. The van der Waals surface area contributed by atoms with Crippen molar-refractivity contribution in [3.05, 3.63) is 47.0 Å². The molecule has 0 aromatic heterocycles. The minimum atomic E-state index is -1.26. The molecule has 170 valence electrons. The fraction of sp³-hybridized carbons (Fsp3) is 0.500. The van der Waals surface area contributed by atoms with Crippen LogP contribution in [0.2, 0.25) is 5.02 Å². The van der Waals surface area contributed by atoms with Gasteiger partial charge in [-0.25, -0.2) is 0 Å². The highest BCUT2D eigenvalue weighted by molar-refractivity contribution is 6.31. The predicted molar refractivity (Wildman–Crippen MR) is 111 cm³/mol. The van der Waals surface area contributed by atoms with Crippen LogP contribution in [0.1, 0.15) is 44.9 Å². The van der Waals surface area contributed by atoms with Crippen LogP contribution in [0.4, 0.5) is 0 Å². The van der Waals surface area contributed by atoms with Gasteiger partial charge in [0.15, 0.2) is 6.10 Å². The topological polar surface area (TPSA) is 97.4 Å². The molecule has 1 saturated heterocycles. The molecule has 2 rings (SSSR count). The fourth-order valence-electron chi connectivity index (χ4n) is 3.43. The van der Waals surface area contributed by atoms with Crippen LogP contribution in [-0.2, 0) is 44.7 Å². The van der Waals surface area contributed by atoms with E-state index in [1.165, 1.54) is 20.8 Å². The molecule has 9 heteroatoms. The van der Waals surface area contributed by atoms with E-state index in [0.717, 1.165) is 5.56 Å². The van der Waals surface area contributed by atoms with Gasteiger partial charge in [-0.05, 0) is 23.3 Å². The number of rotatable bonds is 8. The van der Waals surface area contributed by atoms with E-state index in [9.17, 15) is 14.4 Å². The van der Waals surface area contributed by atoms with Crippen molar-refractivity contribution in [1.29, 1.82) is 0 Å². The van der Waals surface area contributed by atoms with E-state index in [-0.39, 0.29) is 6.61 Å². The second-order valence-corrected chi connectivity index (χ2v) is 7.60. The molecule has 0 aliphatic carbocycles. The molecule has 0 N–H and O–H groups in total. The zero-order valence-corrected chi connectivity index (χ0v) is 18.7. The molecule has 0 saturated carbocycles. The third kappa shape index (κ3) is 6.78. The summed E-state index contributed by atoms with van der Waals surface area (Å²) >= 11 is 6.28. The van der Waals surface area contributed by atoms with Gasteiger partial charge in [0.2, 0.25) is 12.4 Å². The minimum absolute atomic E-state index is 0.261. The van der Waals surface area contributed by atoms with Gasteiger partial charge in [0.25, 0.3) is 0 Å². The summed E-state index contributed by atoms with van der Waals surface area (Å²) in [4.78, 5) is 35.0. The average Bonchev–Trinajstić information content (AvgIpc) is 2.67. The zero-order valence-electron chi connectivity index (χ0n) is 18.0. The van der Waals surface area contributed by atoms with Crippen molar-refractivity contribution in [3.63, 3.8) is 0 Å². The molecule has 1 heterocycles. The summed E-state index contributed by atoms with van der Waals surface area (Å²) in [6, 6.07) is 5.29. The van der Waals surface area contributed by atoms with Crippen molar-refractivity contribution in [2.45, 2.75) is 58.9 Å². The Balaban J connectivity index is 2.41. The Morgan fingerprint density at radius 2 is 1.68 bits per heavy atom. The van der Waals surface area contributed by atoms with E-state index in [0.29, 0.717) is 17.2 Å². The largest absolute Gasteiger partial charge is 0.458 e. The number of hydrogen-bond acceptors (Lipinski definition) is 8. The molecule has 1 aliphatic rings. The highest BCUT2D eigenvalue weighted by atomic mass is 35.5. The Bertz CT molecular complexity index is 824. The highest BCUT2D eigenvalue weighted by Crippen LogP contribution is 2.40. The molecule has 1 unspecified atom stereocenters. The number of ether oxygens (including phenoxy) is 5. The van der Waals surface area contributed by atoms with E-state index in [1.54, 1.807) is 25.1 Å². The molecule has 0 amide bonds. The van der Waals surface area contributed by atoms with Crippen LogP contribution in [0.3, 0.4) is 0 Å². The quantitative estimate of drug-likeness (QED) is 0.255. The van der Waals surface area contributed by atoms with Crippen LogP contribution in [0.25, 0.3) is 0 Å². The molecule has 8 nitrogen and oxygen atoms in total. The molecule has 1 fully saturated rings. The summed E-state index contributed by atoms with van der Waals surface area (Å²) in [5.74, 6) is -2.26. The van der Waals surface area contributed by atoms with Crippen molar-refractivity contribution in [2.24, 2.45) is 5.92 Å². The average molecular weight is 455 g/mol. The summed E-state index contributed by atoms with van der Waals surface area (Å²) in [6.07, 6.45) is -2.29. The van der Waals surface area contributed by atoms with Gasteiger partial charge in [-0.1, -0.05) is 30.7 Å². The fourth-order valence-corrected chi connectivity index (χ4v) is 3.60. The van der Waals surface area contributed by atoms with Crippen LogP contribution < -0.4 is 0 Å². The number of hydrogen-bond donors (Lipinski definition) is 0. The summed E-state index contributed by atoms with van der Waals surface area (Å²) in [5, 5.41) is 0.516.